The standard InChI is InChI=1S/C13H14N2O4S/c14-10-2-5-12(6-3-10)20(18,19)15-8-9-1-4-11(16)7-13(9)17/h1-7,15-17H,8,14H2. The fourth-order valence-corrected chi connectivity index (χ4v) is 2.61. The summed E-state index contributed by atoms with van der Waals surface area (Å²) in [5.41, 5.74) is 6.33. The van der Waals surface area contributed by atoms with E-state index >= 15 is 0 Å². The molecule has 2 aromatic rings. The molecule has 0 aromatic heterocycles. The van der Waals surface area contributed by atoms with Gasteiger partial charge in [0.05, 0.1) is 4.90 Å². The number of hydrogen-bond acceptors (Lipinski definition) is 5. The molecule has 7 heteroatoms. The molecular weight excluding hydrogens is 280 g/mol. The predicted molar refractivity (Wildman–Crippen MR) is 74.7 cm³/mol. The Balaban J connectivity index is 2.15. The SMILES string of the molecule is Nc1ccc(S(=O)(=O)NCc2ccc(O)cc2O)cc1. The van der Waals surface area contributed by atoms with Crippen LogP contribution in [0.5, 0.6) is 11.5 Å². The lowest BCUT2D eigenvalue weighted by molar-refractivity contribution is 0.445. The zero-order chi connectivity index (χ0) is 14.8. The van der Waals surface area contributed by atoms with E-state index in [1.165, 1.54) is 36.4 Å². The molecule has 0 spiro atoms. The molecule has 0 aliphatic carbocycles. The van der Waals surface area contributed by atoms with Gasteiger partial charge >= 0.3 is 0 Å². The van der Waals surface area contributed by atoms with Gasteiger partial charge in [0.2, 0.25) is 10.0 Å². The van der Waals surface area contributed by atoms with Crippen LogP contribution in [0.25, 0.3) is 0 Å². The van der Waals surface area contributed by atoms with E-state index in [1.807, 2.05) is 0 Å². The van der Waals surface area contributed by atoms with Crippen molar-refractivity contribution in [3.8, 4) is 11.5 Å². The predicted octanol–water partition coefficient (Wildman–Crippen LogP) is 1.16. The molecule has 0 heterocycles. The molecule has 2 aromatic carbocycles. The minimum atomic E-state index is -3.68. The Morgan fingerprint density at radius 2 is 1.70 bits per heavy atom. The summed E-state index contributed by atoms with van der Waals surface area (Å²) in [4.78, 5) is 0.0879. The molecule has 0 unspecified atom stereocenters. The maximum atomic E-state index is 12.0. The number of phenolic OH excluding ortho intramolecular Hbond substituents is 2. The van der Waals surface area contributed by atoms with E-state index in [2.05, 4.69) is 4.72 Å². The monoisotopic (exact) mass is 294 g/mol. The Morgan fingerprint density at radius 3 is 2.30 bits per heavy atom. The third kappa shape index (κ3) is 3.19. The maximum Gasteiger partial charge on any atom is 0.240 e. The van der Waals surface area contributed by atoms with Crippen molar-refractivity contribution in [2.24, 2.45) is 0 Å². The van der Waals surface area contributed by atoms with Gasteiger partial charge in [-0.2, -0.15) is 0 Å². The number of aromatic hydroxyl groups is 2. The van der Waals surface area contributed by atoms with Gasteiger partial charge in [0.15, 0.2) is 0 Å². The minimum absolute atomic E-state index is 0.0845. The molecule has 2 rings (SSSR count). The quantitative estimate of drug-likeness (QED) is 0.632. The summed E-state index contributed by atoms with van der Waals surface area (Å²) in [6.45, 7) is -0.0845. The molecule has 0 saturated carbocycles. The summed E-state index contributed by atoms with van der Waals surface area (Å²) in [5.74, 6) is -0.266. The van der Waals surface area contributed by atoms with Crippen LogP contribution in [0.2, 0.25) is 0 Å². The lowest BCUT2D eigenvalue weighted by atomic mass is 10.2. The van der Waals surface area contributed by atoms with Crippen molar-refractivity contribution >= 4 is 15.7 Å². The van der Waals surface area contributed by atoms with Crippen molar-refractivity contribution in [3.05, 3.63) is 48.0 Å². The van der Waals surface area contributed by atoms with E-state index in [-0.39, 0.29) is 22.9 Å². The molecule has 0 saturated heterocycles. The number of phenols is 2. The number of benzene rings is 2. The fourth-order valence-electron chi connectivity index (χ4n) is 1.60. The highest BCUT2D eigenvalue weighted by Crippen LogP contribution is 2.22. The molecule has 106 valence electrons. The molecule has 6 nitrogen and oxygen atoms in total. The molecular formula is C13H14N2O4S. The zero-order valence-corrected chi connectivity index (χ0v) is 11.3. The first-order chi connectivity index (χ1) is 9.38. The second-order valence-corrected chi connectivity index (χ2v) is 5.97. The van der Waals surface area contributed by atoms with Crippen LogP contribution >= 0.6 is 0 Å². The zero-order valence-electron chi connectivity index (χ0n) is 10.4. The summed E-state index contributed by atoms with van der Waals surface area (Å²) in [6, 6.07) is 9.73. The van der Waals surface area contributed by atoms with Gasteiger partial charge in [-0.15, -0.1) is 0 Å². The first-order valence-corrected chi connectivity index (χ1v) is 7.23. The number of sulfonamides is 1. The average Bonchev–Trinajstić information content (AvgIpc) is 2.38. The highest BCUT2D eigenvalue weighted by molar-refractivity contribution is 7.89. The topological polar surface area (TPSA) is 113 Å². The normalized spacial score (nSPS) is 11.4. The Hall–Kier alpha value is -2.25. The second kappa shape index (κ2) is 5.40. The van der Waals surface area contributed by atoms with Crippen molar-refractivity contribution in [2.45, 2.75) is 11.4 Å². The number of nitrogen functional groups attached to an aromatic ring is 1. The molecule has 20 heavy (non-hydrogen) atoms. The smallest absolute Gasteiger partial charge is 0.240 e. The lowest BCUT2D eigenvalue weighted by Crippen LogP contribution is -2.23. The van der Waals surface area contributed by atoms with Gasteiger partial charge in [-0.3, -0.25) is 0 Å². The minimum Gasteiger partial charge on any atom is -0.508 e. The Morgan fingerprint density at radius 1 is 1.05 bits per heavy atom. The van der Waals surface area contributed by atoms with E-state index in [0.717, 1.165) is 6.07 Å². The van der Waals surface area contributed by atoms with Crippen molar-refractivity contribution in [3.63, 3.8) is 0 Å². The van der Waals surface area contributed by atoms with E-state index in [1.54, 1.807) is 0 Å². The van der Waals surface area contributed by atoms with Crippen LogP contribution in [-0.4, -0.2) is 18.6 Å². The molecule has 0 atom stereocenters. The Kier molecular flexibility index (Phi) is 3.82. The van der Waals surface area contributed by atoms with Crippen LogP contribution in [0.15, 0.2) is 47.4 Å². The van der Waals surface area contributed by atoms with Crippen LogP contribution in [0.1, 0.15) is 5.56 Å². The fraction of sp³-hybridized carbons (Fsp3) is 0.0769. The van der Waals surface area contributed by atoms with Crippen molar-refractivity contribution < 1.29 is 18.6 Å². The van der Waals surface area contributed by atoms with Crippen LogP contribution in [0.3, 0.4) is 0 Å². The molecule has 0 radical (unpaired) electrons. The molecule has 0 amide bonds. The van der Waals surface area contributed by atoms with Gasteiger partial charge in [0.25, 0.3) is 0 Å². The third-order valence-corrected chi connectivity index (χ3v) is 4.13. The summed E-state index contributed by atoms with van der Waals surface area (Å²) < 4.78 is 26.4. The third-order valence-electron chi connectivity index (χ3n) is 2.71. The summed E-state index contributed by atoms with van der Waals surface area (Å²) in [6.07, 6.45) is 0. The van der Waals surface area contributed by atoms with Crippen LogP contribution < -0.4 is 10.5 Å². The Labute approximate surface area is 116 Å². The van der Waals surface area contributed by atoms with Crippen LogP contribution in [0, 0.1) is 0 Å². The van der Waals surface area contributed by atoms with Gasteiger partial charge in [-0.1, -0.05) is 6.07 Å². The largest absolute Gasteiger partial charge is 0.508 e. The molecule has 0 aliphatic heterocycles. The van der Waals surface area contributed by atoms with Gasteiger partial charge in [0.1, 0.15) is 11.5 Å². The summed E-state index contributed by atoms with van der Waals surface area (Å²) >= 11 is 0. The highest BCUT2D eigenvalue weighted by atomic mass is 32.2. The number of rotatable bonds is 4. The number of nitrogens with two attached hydrogens (primary N) is 1. The van der Waals surface area contributed by atoms with E-state index in [0.29, 0.717) is 11.3 Å². The van der Waals surface area contributed by atoms with Crippen molar-refractivity contribution in [1.82, 2.24) is 4.72 Å². The summed E-state index contributed by atoms with van der Waals surface area (Å²) in [5, 5.41) is 18.7. The van der Waals surface area contributed by atoms with Gasteiger partial charge in [-0.05, 0) is 30.3 Å². The van der Waals surface area contributed by atoms with Crippen molar-refractivity contribution in [2.75, 3.05) is 5.73 Å². The molecule has 0 fully saturated rings. The lowest BCUT2D eigenvalue weighted by Gasteiger charge is -2.08. The molecule has 0 aliphatic rings. The maximum absolute atomic E-state index is 12.0. The summed E-state index contributed by atoms with van der Waals surface area (Å²) in [7, 11) is -3.68. The molecule has 0 bridgehead atoms. The highest BCUT2D eigenvalue weighted by Gasteiger charge is 2.14. The number of anilines is 1. The average molecular weight is 294 g/mol. The van der Waals surface area contributed by atoms with Gasteiger partial charge in [0, 0.05) is 23.9 Å². The van der Waals surface area contributed by atoms with Gasteiger partial charge < -0.3 is 15.9 Å². The van der Waals surface area contributed by atoms with E-state index in [4.69, 9.17) is 10.8 Å². The second-order valence-electron chi connectivity index (χ2n) is 4.21. The van der Waals surface area contributed by atoms with Crippen LogP contribution in [-0.2, 0) is 16.6 Å². The first-order valence-electron chi connectivity index (χ1n) is 5.74. The molecule has 5 N–H and O–H groups in total. The Bertz CT molecular complexity index is 712. The van der Waals surface area contributed by atoms with Crippen molar-refractivity contribution in [1.29, 1.82) is 0 Å². The number of hydrogen-bond donors (Lipinski definition) is 4. The van der Waals surface area contributed by atoms with Gasteiger partial charge in [-0.25, -0.2) is 13.1 Å². The number of nitrogens with one attached hydrogen (secondary N) is 1. The van der Waals surface area contributed by atoms with E-state index in [9.17, 15) is 13.5 Å². The van der Waals surface area contributed by atoms with Crippen LogP contribution in [0.4, 0.5) is 5.69 Å². The first kappa shape index (κ1) is 14.2. The van der Waals surface area contributed by atoms with E-state index < -0.39 is 10.0 Å².